The van der Waals surface area contributed by atoms with Gasteiger partial charge in [0.2, 0.25) is 0 Å². The summed E-state index contributed by atoms with van der Waals surface area (Å²) < 4.78 is 0. The molecule has 0 spiro atoms. The fourth-order valence-corrected chi connectivity index (χ4v) is 1.47. The van der Waals surface area contributed by atoms with Crippen LogP contribution < -0.4 is 5.73 Å². The van der Waals surface area contributed by atoms with Gasteiger partial charge in [-0.3, -0.25) is 5.41 Å². The monoisotopic (exact) mass is 180 g/mol. The molecule has 0 heterocycles. The normalized spacial score (nSPS) is 9.75. The van der Waals surface area contributed by atoms with E-state index in [1.165, 1.54) is 5.56 Å². The molecule has 1 rings (SSSR count). The highest BCUT2D eigenvalue weighted by molar-refractivity contribution is 7.97. The molecule has 12 heavy (non-hydrogen) atoms. The summed E-state index contributed by atoms with van der Waals surface area (Å²) in [7, 11) is 0. The number of nitrogens with one attached hydrogen (secondary N) is 1. The molecule has 0 atom stereocenters. The van der Waals surface area contributed by atoms with E-state index in [1.54, 1.807) is 11.8 Å². The number of rotatable bonds is 3. The molecular weight excluding hydrogens is 168 g/mol. The van der Waals surface area contributed by atoms with Crippen molar-refractivity contribution in [2.24, 2.45) is 5.73 Å². The van der Waals surface area contributed by atoms with E-state index in [0.717, 1.165) is 11.3 Å². The second-order valence-corrected chi connectivity index (χ2v) is 3.41. The molecule has 3 N–H and O–H groups in total. The lowest BCUT2D eigenvalue weighted by Crippen LogP contribution is -2.10. The zero-order valence-corrected chi connectivity index (χ0v) is 7.82. The van der Waals surface area contributed by atoms with Crippen molar-refractivity contribution in [1.82, 2.24) is 0 Å². The number of benzene rings is 1. The van der Waals surface area contributed by atoms with Crippen molar-refractivity contribution in [3.8, 4) is 0 Å². The molecule has 0 amide bonds. The molecule has 3 heteroatoms. The Kier molecular flexibility index (Phi) is 3.17. The van der Waals surface area contributed by atoms with Gasteiger partial charge in [-0.05, 0) is 11.8 Å². The second-order valence-electron chi connectivity index (χ2n) is 2.54. The molecule has 0 aromatic heterocycles. The zero-order valence-electron chi connectivity index (χ0n) is 7.00. The third-order valence-electron chi connectivity index (χ3n) is 1.58. The van der Waals surface area contributed by atoms with Gasteiger partial charge in [-0.2, -0.15) is 11.8 Å². The number of thioether (sulfide) groups is 1. The number of amidine groups is 1. The summed E-state index contributed by atoms with van der Waals surface area (Å²) in [4.78, 5) is 0. The van der Waals surface area contributed by atoms with E-state index in [4.69, 9.17) is 11.1 Å². The van der Waals surface area contributed by atoms with E-state index in [-0.39, 0.29) is 5.84 Å². The molecule has 0 radical (unpaired) electrons. The Morgan fingerprint density at radius 1 is 1.42 bits per heavy atom. The van der Waals surface area contributed by atoms with Gasteiger partial charge in [0.05, 0.1) is 0 Å². The Balaban J connectivity index is 2.78. The smallest absolute Gasteiger partial charge is 0.122 e. The Morgan fingerprint density at radius 2 is 2.00 bits per heavy atom. The van der Waals surface area contributed by atoms with Gasteiger partial charge in [0.1, 0.15) is 5.84 Å². The van der Waals surface area contributed by atoms with Gasteiger partial charge < -0.3 is 5.73 Å². The summed E-state index contributed by atoms with van der Waals surface area (Å²) >= 11 is 1.78. The molecule has 64 valence electrons. The number of hydrogen-bond donors (Lipinski definition) is 2. The first-order valence-corrected chi connectivity index (χ1v) is 5.05. The zero-order chi connectivity index (χ0) is 8.97. The third-order valence-corrected chi connectivity index (χ3v) is 2.20. The predicted molar refractivity (Wildman–Crippen MR) is 54.7 cm³/mol. The summed E-state index contributed by atoms with van der Waals surface area (Å²) in [5, 5.41) is 7.18. The average molecular weight is 180 g/mol. The van der Waals surface area contributed by atoms with Crippen LogP contribution in [0.2, 0.25) is 0 Å². The van der Waals surface area contributed by atoms with Crippen molar-refractivity contribution in [3.05, 3.63) is 35.4 Å². The highest BCUT2D eigenvalue weighted by Gasteiger charge is 1.95. The van der Waals surface area contributed by atoms with Gasteiger partial charge in [0, 0.05) is 11.3 Å². The van der Waals surface area contributed by atoms with Crippen LogP contribution in [0, 0.1) is 5.41 Å². The van der Waals surface area contributed by atoms with Crippen LogP contribution >= 0.6 is 11.8 Å². The van der Waals surface area contributed by atoms with Crippen LogP contribution in [0.25, 0.3) is 0 Å². The fourth-order valence-electron chi connectivity index (χ4n) is 0.947. The van der Waals surface area contributed by atoms with E-state index in [1.807, 2.05) is 24.3 Å². The van der Waals surface area contributed by atoms with Crippen LogP contribution in [0.4, 0.5) is 0 Å². The molecule has 0 aliphatic rings. The molecule has 2 nitrogen and oxygen atoms in total. The predicted octanol–water partition coefficient (Wildman–Crippen LogP) is 1.83. The molecule has 0 saturated heterocycles. The lowest BCUT2D eigenvalue weighted by molar-refractivity contribution is 1.38. The number of hydrogen-bond acceptors (Lipinski definition) is 2. The lowest BCUT2D eigenvalue weighted by Gasteiger charge is -2.00. The number of nitrogens with two attached hydrogens (primary N) is 1. The lowest BCUT2D eigenvalue weighted by atomic mass is 10.1. The van der Waals surface area contributed by atoms with E-state index in [2.05, 4.69) is 6.26 Å². The summed E-state index contributed by atoms with van der Waals surface area (Å²) in [5.74, 6) is 1.14. The van der Waals surface area contributed by atoms with Crippen LogP contribution in [0.1, 0.15) is 11.1 Å². The van der Waals surface area contributed by atoms with Crippen molar-refractivity contribution in [1.29, 1.82) is 5.41 Å². The van der Waals surface area contributed by atoms with Crippen LogP contribution in [0.5, 0.6) is 0 Å². The van der Waals surface area contributed by atoms with Gasteiger partial charge in [-0.15, -0.1) is 0 Å². The Bertz CT molecular complexity index is 266. The summed E-state index contributed by atoms with van der Waals surface area (Å²) in [6, 6.07) is 7.78. The number of nitrogen functional groups attached to an aromatic ring is 1. The van der Waals surface area contributed by atoms with Crippen molar-refractivity contribution >= 4 is 17.6 Å². The molecular formula is C9H12N2S. The summed E-state index contributed by atoms with van der Waals surface area (Å²) in [5.41, 5.74) is 7.38. The third kappa shape index (κ3) is 2.27. The largest absolute Gasteiger partial charge is 0.384 e. The van der Waals surface area contributed by atoms with E-state index in [9.17, 15) is 0 Å². The van der Waals surface area contributed by atoms with Crippen molar-refractivity contribution in [2.75, 3.05) is 6.26 Å². The summed E-state index contributed by atoms with van der Waals surface area (Å²) in [6.07, 6.45) is 2.07. The maximum Gasteiger partial charge on any atom is 0.122 e. The maximum atomic E-state index is 7.18. The highest BCUT2D eigenvalue weighted by atomic mass is 32.2. The fraction of sp³-hybridized carbons (Fsp3) is 0.222. The minimum atomic E-state index is 0.130. The van der Waals surface area contributed by atoms with Crippen molar-refractivity contribution in [2.45, 2.75) is 5.75 Å². The van der Waals surface area contributed by atoms with Crippen molar-refractivity contribution in [3.63, 3.8) is 0 Å². The Hall–Kier alpha value is -0.960. The first-order valence-electron chi connectivity index (χ1n) is 3.66. The minimum absolute atomic E-state index is 0.130. The molecule has 0 bridgehead atoms. The minimum Gasteiger partial charge on any atom is -0.384 e. The Morgan fingerprint density at radius 3 is 2.42 bits per heavy atom. The highest BCUT2D eigenvalue weighted by Crippen LogP contribution is 2.09. The quantitative estimate of drug-likeness (QED) is 0.551. The molecule has 0 aliphatic heterocycles. The van der Waals surface area contributed by atoms with E-state index in [0.29, 0.717) is 0 Å². The maximum absolute atomic E-state index is 7.18. The van der Waals surface area contributed by atoms with E-state index < -0.39 is 0 Å². The van der Waals surface area contributed by atoms with Crippen LogP contribution in [-0.4, -0.2) is 12.1 Å². The summed E-state index contributed by atoms with van der Waals surface area (Å²) in [6.45, 7) is 0. The van der Waals surface area contributed by atoms with Crippen LogP contribution in [0.15, 0.2) is 24.3 Å². The topological polar surface area (TPSA) is 49.9 Å². The van der Waals surface area contributed by atoms with Crippen LogP contribution in [0.3, 0.4) is 0 Å². The molecule has 0 unspecified atom stereocenters. The first kappa shape index (κ1) is 9.13. The Labute approximate surface area is 76.7 Å². The standard InChI is InChI=1S/C9H12N2S/c1-12-6-7-2-4-8(5-3-7)9(10)11/h2-5H,6H2,1H3,(H3,10,11). The van der Waals surface area contributed by atoms with Gasteiger partial charge in [-0.25, -0.2) is 0 Å². The molecule has 0 fully saturated rings. The van der Waals surface area contributed by atoms with Gasteiger partial charge in [0.25, 0.3) is 0 Å². The van der Waals surface area contributed by atoms with E-state index >= 15 is 0 Å². The SMILES string of the molecule is CSCc1ccc(C(=N)N)cc1. The molecule has 1 aromatic carbocycles. The van der Waals surface area contributed by atoms with Crippen LogP contribution in [-0.2, 0) is 5.75 Å². The van der Waals surface area contributed by atoms with Gasteiger partial charge in [0.15, 0.2) is 0 Å². The second kappa shape index (κ2) is 4.16. The van der Waals surface area contributed by atoms with Crippen molar-refractivity contribution < 1.29 is 0 Å². The van der Waals surface area contributed by atoms with Gasteiger partial charge >= 0.3 is 0 Å². The molecule has 0 saturated carbocycles. The average Bonchev–Trinajstić information content (AvgIpc) is 2.06. The first-order chi connectivity index (χ1) is 5.74. The molecule has 0 aliphatic carbocycles. The molecule has 1 aromatic rings. The van der Waals surface area contributed by atoms with Gasteiger partial charge in [-0.1, -0.05) is 24.3 Å².